The number of rotatable bonds is 6. The van der Waals surface area contributed by atoms with Crippen molar-refractivity contribution in [2.24, 2.45) is 0 Å². The first kappa shape index (κ1) is 16.9. The van der Waals surface area contributed by atoms with Gasteiger partial charge in [-0.1, -0.05) is 11.6 Å². The third kappa shape index (κ3) is 4.34. The molecule has 0 radical (unpaired) electrons. The van der Waals surface area contributed by atoms with Crippen molar-refractivity contribution in [2.75, 3.05) is 30.4 Å². The van der Waals surface area contributed by atoms with Crippen LogP contribution in [0.25, 0.3) is 0 Å². The molecule has 7 heteroatoms. The highest BCUT2D eigenvalue weighted by Crippen LogP contribution is 2.36. The fourth-order valence-electron chi connectivity index (χ4n) is 2.35. The average Bonchev–Trinajstić information content (AvgIpc) is 2.62. The molecule has 0 spiro atoms. The first-order chi connectivity index (χ1) is 12.2. The van der Waals surface area contributed by atoms with E-state index in [1.165, 1.54) is 0 Å². The second kappa shape index (κ2) is 7.77. The van der Waals surface area contributed by atoms with E-state index >= 15 is 0 Å². The number of nitrogens with one attached hydrogen (secondary N) is 2. The number of amides is 1. The number of anilines is 2. The molecule has 1 aliphatic heterocycles. The molecule has 1 heterocycles. The average molecular weight is 358 g/mol. The molecule has 2 aromatic rings. The SMILES string of the molecule is N#Cc1ccc(OCCCNc2cc3c(cc2Cl)NC(=O)CO3)cc1. The molecule has 0 aliphatic carbocycles. The Balaban J connectivity index is 1.47. The van der Waals surface area contributed by atoms with Gasteiger partial charge in [0.25, 0.3) is 5.91 Å². The minimum atomic E-state index is -0.191. The predicted octanol–water partition coefficient (Wildman–Crippen LogP) is 3.42. The Kier molecular flexibility index (Phi) is 5.26. The van der Waals surface area contributed by atoms with Crippen molar-refractivity contribution in [3.05, 3.63) is 47.0 Å². The monoisotopic (exact) mass is 357 g/mol. The van der Waals surface area contributed by atoms with Gasteiger partial charge in [0.15, 0.2) is 6.61 Å². The molecule has 25 heavy (non-hydrogen) atoms. The maximum atomic E-state index is 11.3. The second-order valence-corrected chi connectivity index (χ2v) is 5.84. The maximum Gasteiger partial charge on any atom is 0.262 e. The number of hydrogen-bond donors (Lipinski definition) is 2. The Morgan fingerprint density at radius 1 is 1.32 bits per heavy atom. The summed E-state index contributed by atoms with van der Waals surface area (Å²) < 4.78 is 11.0. The molecule has 0 unspecified atom stereocenters. The zero-order valence-electron chi connectivity index (χ0n) is 13.3. The number of halogens is 1. The Hall–Kier alpha value is -2.91. The molecule has 2 N–H and O–H groups in total. The molecule has 1 amide bonds. The molecular formula is C18H16ClN3O3. The van der Waals surface area contributed by atoms with Crippen LogP contribution in [-0.2, 0) is 4.79 Å². The highest BCUT2D eigenvalue weighted by Gasteiger charge is 2.18. The molecular weight excluding hydrogens is 342 g/mol. The summed E-state index contributed by atoms with van der Waals surface area (Å²) in [6.07, 6.45) is 0.769. The molecule has 1 aliphatic rings. The first-order valence-corrected chi connectivity index (χ1v) is 8.16. The number of carbonyl (C=O) groups excluding carboxylic acids is 1. The first-order valence-electron chi connectivity index (χ1n) is 7.79. The van der Waals surface area contributed by atoms with E-state index in [4.69, 9.17) is 26.3 Å². The highest BCUT2D eigenvalue weighted by molar-refractivity contribution is 6.33. The zero-order valence-corrected chi connectivity index (χ0v) is 14.1. The summed E-state index contributed by atoms with van der Waals surface area (Å²) in [5, 5.41) is 15.2. The number of hydrogen-bond acceptors (Lipinski definition) is 5. The fraction of sp³-hybridized carbons (Fsp3) is 0.222. The van der Waals surface area contributed by atoms with Gasteiger partial charge in [-0.3, -0.25) is 4.79 Å². The normalized spacial score (nSPS) is 12.4. The van der Waals surface area contributed by atoms with Crippen molar-refractivity contribution < 1.29 is 14.3 Å². The van der Waals surface area contributed by atoms with Gasteiger partial charge in [-0.2, -0.15) is 5.26 Å². The minimum absolute atomic E-state index is 0.00645. The van der Waals surface area contributed by atoms with Gasteiger partial charge < -0.3 is 20.1 Å². The summed E-state index contributed by atoms with van der Waals surface area (Å²) in [4.78, 5) is 11.3. The van der Waals surface area contributed by atoms with Crippen LogP contribution in [0.3, 0.4) is 0 Å². The minimum Gasteiger partial charge on any atom is -0.494 e. The van der Waals surface area contributed by atoms with Crippen molar-refractivity contribution in [2.45, 2.75) is 6.42 Å². The van der Waals surface area contributed by atoms with Crippen molar-refractivity contribution in [3.63, 3.8) is 0 Å². The van der Waals surface area contributed by atoms with Gasteiger partial charge in [0.1, 0.15) is 11.5 Å². The lowest BCUT2D eigenvalue weighted by molar-refractivity contribution is -0.118. The molecule has 0 bridgehead atoms. The summed E-state index contributed by atoms with van der Waals surface area (Å²) in [5.41, 5.74) is 1.93. The Morgan fingerprint density at radius 3 is 2.88 bits per heavy atom. The van der Waals surface area contributed by atoms with E-state index in [-0.39, 0.29) is 12.5 Å². The summed E-state index contributed by atoms with van der Waals surface area (Å²) in [6.45, 7) is 1.21. The molecule has 0 atom stereocenters. The van der Waals surface area contributed by atoms with Crippen molar-refractivity contribution in [1.29, 1.82) is 5.26 Å². The smallest absolute Gasteiger partial charge is 0.262 e. The van der Waals surface area contributed by atoms with Crippen molar-refractivity contribution >= 4 is 28.9 Å². The van der Waals surface area contributed by atoms with E-state index in [1.54, 1.807) is 36.4 Å². The lowest BCUT2D eigenvalue weighted by Gasteiger charge is -2.20. The van der Waals surface area contributed by atoms with Crippen LogP contribution in [0.1, 0.15) is 12.0 Å². The summed E-state index contributed by atoms with van der Waals surface area (Å²) in [6, 6.07) is 12.5. The standard InChI is InChI=1S/C18H16ClN3O3/c19-14-8-16-17(25-11-18(23)22-16)9-15(14)21-6-1-7-24-13-4-2-12(10-20)3-5-13/h2-5,8-9,21H,1,6-7,11H2,(H,22,23). The number of ether oxygens (including phenoxy) is 2. The molecule has 3 rings (SSSR count). The van der Waals surface area contributed by atoms with Gasteiger partial charge in [-0.05, 0) is 36.8 Å². The Bertz CT molecular complexity index is 816. The van der Waals surface area contributed by atoms with Gasteiger partial charge >= 0.3 is 0 Å². The van der Waals surface area contributed by atoms with E-state index in [9.17, 15) is 4.79 Å². The van der Waals surface area contributed by atoms with Gasteiger partial charge in [0.05, 0.1) is 34.6 Å². The van der Waals surface area contributed by atoms with Gasteiger partial charge in [0.2, 0.25) is 0 Å². The highest BCUT2D eigenvalue weighted by atomic mass is 35.5. The van der Waals surface area contributed by atoms with E-state index < -0.39 is 0 Å². The zero-order chi connectivity index (χ0) is 17.6. The lowest BCUT2D eigenvalue weighted by Crippen LogP contribution is -2.25. The van der Waals surface area contributed by atoms with Crippen LogP contribution in [-0.4, -0.2) is 25.7 Å². The topological polar surface area (TPSA) is 83.4 Å². The number of nitrogens with zero attached hydrogens (tertiary/aromatic N) is 1. The molecule has 0 saturated heterocycles. The van der Waals surface area contributed by atoms with Gasteiger partial charge in [-0.25, -0.2) is 0 Å². The number of nitriles is 1. The number of carbonyl (C=O) groups is 1. The summed E-state index contributed by atoms with van der Waals surface area (Å²) >= 11 is 6.22. The quantitative estimate of drug-likeness (QED) is 0.774. The van der Waals surface area contributed by atoms with E-state index in [0.29, 0.717) is 35.2 Å². The maximum absolute atomic E-state index is 11.3. The third-order valence-corrected chi connectivity index (χ3v) is 3.90. The fourth-order valence-corrected chi connectivity index (χ4v) is 2.58. The van der Waals surface area contributed by atoms with Crippen LogP contribution in [0.2, 0.25) is 5.02 Å². The van der Waals surface area contributed by atoms with Crippen molar-refractivity contribution in [3.8, 4) is 17.6 Å². The Morgan fingerprint density at radius 2 is 2.12 bits per heavy atom. The van der Waals surface area contributed by atoms with Crippen molar-refractivity contribution in [1.82, 2.24) is 0 Å². The van der Waals surface area contributed by atoms with E-state index in [2.05, 4.69) is 16.7 Å². The van der Waals surface area contributed by atoms with Crippen LogP contribution in [0.15, 0.2) is 36.4 Å². The number of benzene rings is 2. The van der Waals surface area contributed by atoms with Crippen LogP contribution in [0.5, 0.6) is 11.5 Å². The third-order valence-electron chi connectivity index (χ3n) is 3.59. The summed E-state index contributed by atoms with van der Waals surface area (Å²) in [5.74, 6) is 1.14. The Labute approximate surface area is 150 Å². The summed E-state index contributed by atoms with van der Waals surface area (Å²) in [7, 11) is 0. The molecule has 0 saturated carbocycles. The van der Waals surface area contributed by atoms with Crippen LogP contribution < -0.4 is 20.1 Å². The van der Waals surface area contributed by atoms with E-state index in [1.807, 2.05) is 0 Å². The molecule has 2 aromatic carbocycles. The lowest BCUT2D eigenvalue weighted by atomic mass is 10.2. The van der Waals surface area contributed by atoms with E-state index in [0.717, 1.165) is 17.9 Å². The number of fused-ring (bicyclic) bond motifs is 1. The van der Waals surface area contributed by atoms with Crippen LogP contribution in [0, 0.1) is 11.3 Å². The van der Waals surface area contributed by atoms with Crippen LogP contribution >= 0.6 is 11.6 Å². The second-order valence-electron chi connectivity index (χ2n) is 5.43. The molecule has 0 fully saturated rings. The van der Waals surface area contributed by atoms with Gasteiger partial charge in [0, 0.05) is 12.6 Å². The van der Waals surface area contributed by atoms with Gasteiger partial charge in [-0.15, -0.1) is 0 Å². The van der Waals surface area contributed by atoms with Crippen LogP contribution in [0.4, 0.5) is 11.4 Å². The molecule has 128 valence electrons. The largest absolute Gasteiger partial charge is 0.494 e. The predicted molar refractivity (Wildman–Crippen MR) is 95.3 cm³/mol. The molecule has 0 aromatic heterocycles. The molecule has 6 nitrogen and oxygen atoms in total.